The zero-order chi connectivity index (χ0) is 13.7. The zero-order valence-corrected chi connectivity index (χ0v) is 11.4. The van der Waals surface area contributed by atoms with Crippen LogP contribution in [0.4, 0.5) is 0 Å². The topological polar surface area (TPSA) is 72.3 Å². The first kappa shape index (κ1) is 13.4. The highest BCUT2D eigenvalue weighted by Crippen LogP contribution is 2.26. The number of rotatable bonds is 3. The Balaban J connectivity index is 2.13. The van der Waals surface area contributed by atoms with Gasteiger partial charge in [-0.15, -0.1) is 5.10 Å². The van der Waals surface area contributed by atoms with Crippen molar-refractivity contribution in [1.29, 1.82) is 0 Å². The molecule has 0 saturated carbocycles. The van der Waals surface area contributed by atoms with Crippen LogP contribution in [0.15, 0.2) is 28.3 Å². The predicted molar refractivity (Wildman–Crippen MR) is 75.2 cm³/mol. The summed E-state index contributed by atoms with van der Waals surface area (Å²) >= 11 is 1.29. The number of hydrogen-bond donors (Lipinski definition) is 1. The first-order chi connectivity index (χ1) is 9.22. The lowest BCUT2D eigenvalue weighted by Gasteiger charge is -2.08. The van der Waals surface area contributed by atoms with Crippen molar-refractivity contribution in [3.8, 4) is 11.5 Å². The molecule has 0 saturated heterocycles. The van der Waals surface area contributed by atoms with Crippen LogP contribution in [0.3, 0.4) is 0 Å². The van der Waals surface area contributed by atoms with Crippen LogP contribution in [0.5, 0.6) is 11.5 Å². The summed E-state index contributed by atoms with van der Waals surface area (Å²) in [5.74, 6) is 1.52. The van der Waals surface area contributed by atoms with Crippen LogP contribution in [0.25, 0.3) is 0 Å². The third kappa shape index (κ3) is 3.47. The van der Waals surface area contributed by atoms with Gasteiger partial charge in [0.1, 0.15) is 0 Å². The van der Waals surface area contributed by atoms with Crippen LogP contribution in [-0.4, -0.2) is 37.3 Å². The predicted octanol–water partition coefficient (Wildman–Crippen LogP) is 1.26. The number of ether oxygens (including phenoxy) is 2. The molecule has 0 aliphatic carbocycles. The maximum Gasteiger partial charge on any atom is 0.250 e. The van der Waals surface area contributed by atoms with Gasteiger partial charge in [0.15, 0.2) is 11.5 Å². The highest BCUT2D eigenvalue weighted by molar-refractivity contribution is 8.14. The number of thioether (sulfide) groups is 1. The maximum absolute atomic E-state index is 10.9. The van der Waals surface area contributed by atoms with Crippen LogP contribution < -0.4 is 14.9 Å². The second-order valence-corrected chi connectivity index (χ2v) is 4.53. The van der Waals surface area contributed by atoms with E-state index in [1.54, 1.807) is 26.5 Å². The van der Waals surface area contributed by atoms with Gasteiger partial charge in [0.25, 0.3) is 5.91 Å². The van der Waals surface area contributed by atoms with Crippen molar-refractivity contribution in [1.82, 2.24) is 5.43 Å². The summed E-state index contributed by atoms with van der Waals surface area (Å²) in [5.41, 5.74) is 3.24. The molecule has 0 unspecified atom stereocenters. The molecule has 0 spiro atoms. The van der Waals surface area contributed by atoms with Gasteiger partial charge >= 0.3 is 0 Å². The minimum Gasteiger partial charge on any atom is -0.493 e. The van der Waals surface area contributed by atoms with Crippen molar-refractivity contribution >= 4 is 29.1 Å². The summed E-state index contributed by atoms with van der Waals surface area (Å²) in [6.45, 7) is 0. The highest BCUT2D eigenvalue weighted by Gasteiger charge is 2.10. The number of aliphatic imine (C=N–C) groups is 1. The van der Waals surface area contributed by atoms with Gasteiger partial charge < -0.3 is 9.47 Å². The van der Waals surface area contributed by atoms with Crippen LogP contribution in [-0.2, 0) is 4.79 Å². The van der Waals surface area contributed by atoms with Gasteiger partial charge in [-0.3, -0.25) is 4.79 Å². The van der Waals surface area contributed by atoms with Crippen molar-refractivity contribution in [3.05, 3.63) is 23.8 Å². The Morgan fingerprint density at radius 2 is 2.16 bits per heavy atom. The van der Waals surface area contributed by atoms with Gasteiger partial charge in [-0.2, -0.15) is 0 Å². The average Bonchev–Trinajstić information content (AvgIpc) is 2.46. The molecular weight excluding hydrogens is 266 g/mol. The minimum atomic E-state index is -0.116. The number of amides is 1. The van der Waals surface area contributed by atoms with E-state index in [0.717, 1.165) is 5.56 Å². The number of methoxy groups -OCH3 is 2. The molecule has 0 aromatic heterocycles. The summed E-state index contributed by atoms with van der Waals surface area (Å²) in [6, 6.07) is 5.48. The van der Waals surface area contributed by atoms with Crippen molar-refractivity contribution in [2.75, 3.05) is 20.0 Å². The molecule has 1 heterocycles. The largest absolute Gasteiger partial charge is 0.493 e. The molecule has 1 aromatic rings. The fourth-order valence-corrected chi connectivity index (χ4v) is 2.00. The molecule has 1 N–H and O–H groups in total. The van der Waals surface area contributed by atoms with Crippen LogP contribution >= 0.6 is 11.8 Å². The average molecular weight is 279 g/mol. The van der Waals surface area contributed by atoms with Crippen molar-refractivity contribution in [3.63, 3.8) is 0 Å². The molecule has 2 rings (SSSR count). The van der Waals surface area contributed by atoms with Gasteiger partial charge in [0.2, 0.25) is 5.17 Å². The molecule has 1 amide bonds. The smallest absolute Gasteiger partial charge is 0.250 e. The lowest BCUT2D eigenvalue weighted by molar-refractivity contribution is -0.118. The Kier molecular flexibility index (Phi) is 4.40. The Morgan fingerprint density at radius 3 is 2.79 bits per heavy atom. The third-order valence-corrected chi connectivity index (χ3v) is 3.20. The van der Waals surface area contributed by atoms with E-state index < -0.39 is 0 Å². The Bertz CT molecular complexity index is 543. The summed E-state index contributed by atoms with van der Waals surface area (Å²) in [5, 5.41) is 4.35. The fraction of sp³-hybridized carbons (Fsp3) is 0.250. The summed E-state index contributed by atoms with van der Waals surface area (Å²) in [4.78, 5) is 15.1. The van der Waals surface area contributed by atoms with Gasteiger partial charge in [-0.1, -0.05) is 11.8 Å². The van der Waals surface area contributed by atoms with E-state index in [9.17, 15) is 4.79 Å². The van der Waals surface area contributed by atoms with Crippen LogP contribution in [0, 0.1) is 0 Å². The standard InChI is InChI=1S/C12H13N3O3S/c1-17-9-4-3-8(5-10(9)18-2)6-13-12-15-14-11(16)7-19-12/h3-6H,7H2,1-2H3,(H,14,16). The number of carbonyl (C=O) groups is 1. The second-order valence-electron chi connectivity index (χ2n) is 3.59. The van der Waals surface area contributed by atoms with Gasteiger partial charge in [0.05, 0.1) is 20.0 Å². The molecule has 0 radical (unpaired) electrons. The first-order valence-electron chi connectivity index (χ1n) is 5.48. The number of nitrogens with one attached hydrogen (secondary N) is 1. The van der Waals surface area contributed by atoms with Crippen molar-refractivity contribution in [2.24, 2.45) is 10.1 Å². The third-order valence-electron chi connectivity index (χ3n) is 2.34. The molecule has 7 heteroatoms. The molecule has 100 valence electrons. The normalized spacial score (nSPS) is 15.1. The molecule has 0 atom stereocenters. The highest BCUT2D eigenvalue weighted by atomic mass is 32.2. The Hall–Kier alpha value is -2.02. The van der Waals surface area contributed by atoms with Gasteiger partial charge in [-0.25, -0.2) is 10.4 Å². The molecule has 1 aliphatic heterocycles. The maximum atomic E-state index is 10.9. The van der Waals surface area contributed by atoms with E-state index in [0.29, 0.717) is 22.4 Å². The van der Waals surface area contributed by atoms with E-state index in [1.807, 2.05) is 12.1 Å². The molecule has 0 bridgehead atoms. The molecule has 1 aliphatic rings. The zero-order valence-electron chi connectivity index (χ0n) is 10.5. The van der Waals surface area contributed by atoms with E-state index in [-0.39, 0.29) is 5.91 Å². The van der Waals surface area contributed by atoms with Crippen molar-refractivity contribution < 1.29 is 14.3 Å². The monoisotopic (exact) mass is 279 g/mol. The second kappa shape index (κ2) is 6.24. The minimum absolute atomic E-state index is 0.116. The van der Waals surface area contributed by atoms with E-state index >= 15 is 0 Å². The summed E-state index contributed by atoms with van der Waals surface area (Å²) in [7, 11) is 3.16. The summed E-state index contributed by atoms with van der Waals surface area (Å²) in [6.07, 6.45) is 1.66. The molecule has 19 heavy (non-hydrogen) atoms. The number of amidine groups is 1. The van der Waals surface area contributed by atoms with Gasteiger partial charge in [-0.05, 0) is 23.8 Å². The van der Waals surface area contributed by atoms with E-state index in [2.05, 4.69) is 15.5 Å². The number of hydrazone groups is 1. The quantitative estimate of drug-likeness (QED) is 0.845. The first-order valence-corrected chi connectivity index (χ1v) is 6.47. The lowest BCUT2D eigenvalue weighted by atomic mass is 10.2. The van der Waals surface area contributed by atoms with Gasteiger partial charge in [0, 0.05) is 6.21 Å². The number of nitrogens with zero attached hydrogens (tertiary/aromatic N) is 2. The molecule has 6 nitrogen and oxygen atoms in total. The molecule has 0 fully saturated rings. The van der Waals surface area contributed by atoms with Crippen LogP contribution in [0.1, 0.15) is 5.56 Å². The van der Waals surface area contributed by atoms with Crippen LogP contribution in [0.2, 0.25) is 0 Å². The molecular formula is C12H13N3O3S. The summed E-state index contributed by atoms with van der Waals surface area (Å²) < 4.78 is 10.4. The fourth-order valence-electron chi connectivity index (χ4n) is 1.43. The lowest BCUT2D eigenvalue weighted by Crippen LogP contribution is -2.25. The molecule has 1 aromatic carbocycles. The SMILES string of the molecule is COc1ccc(C=NC2=NNC(=O)CS2)cc1OC. The number of hydrogen-bond acceptors (Lipinski definition) is 6. The Labute approximate surface area is 114 Å². The van der Waals surface area contributed by atoms with Crippen molar-refractivity contribution in [2.45, 2.75) is 0 Å². The van der Waals surface area contributed by atoms with E-state index in [1.165, 1.54) is 11.8 Å². The Morgan fingerprint density at radius 1 is 1.37 bits per heavy atom. The number of benzene rings is 1. The van der Waals surface area contributed by atoms with E-state index in [4.69, 9.17) is 9.47 Å². The number of carbonyl (C=O) groups excluding carboxylic acids is 1.